The minimum absolute atomic E-state index is 0. The summed E-state index contributed by atoms with van der Waals surface area (Å²) in [6, 6.07) is 18.5. The minimum Gasteiger partial charge on any atom is -0.344 e. The molecule has 0 atom stereocenters. The lowest BCUT2D eigenvalue weighted by atomic mass is 10.2. The lowest BCUT2D eigenvalue weighted by Gasteiger charge is -2.09. The number of para-hydroxylation sites is 1. The molecule has 128 valence electrons. The van der Waals surface area contributed by atoms with E-state index in [0.717, 1.165) is 11.3 Å². The van der Waals surface area contributed by atoms with E-state index in [-0.39, 0.29) is 23.1 Å². The first-order valence-corrected chi connectivity index (χ1v) is 7.45. The first kappa shape index (κ1) is 18.1. The summed E-state index contributed by atoms with van der Waals surface area (Å²) in [7, 11) is 0. The molecule has 0 saturated carbocycles. The van der Waals surface area contributed by atoms with Crippen molar-refractivity contribution in [1.29, 1.82) is 0 Å². The van der Waals surface area contributed by atoms with Crippen LogP contribution in [0.15, 0.2) is 76.6 Å². The number of rotatable bonds is 3. The number of aliphatic imine (C=N–C) groups is 1. The zero-order valence-corrected chi connectivity index (χ0v) is 13.9. The predicted octanol–water partition coefficient (Wildman–Crippen LogP) is 2.24. The van der Waals surface area contributed by atoms with E-state index in [0.29, 0.717) is 5.69 Å². The lowest BCUT2D eigenvalue weighted by molar-refractivity contribution is 0.820. The van der Waals surface area contributed by atoms with E-state index < -0.39 is 0 Å². The van der Waals surface area contributed by atoms with E-state index in [1.807, 2.05) is 61.5 Å². The highest BCUT2D eigenvalue weighted by Crippen LogP contribution is 2.11. The van der Waals surface area contributed by atoms with Gasteiger partial charge in [-0.3, -0.25) is 4.79 Å². The van der Waals surface area contributed by atoms with Crippen LogP contribution in [0.3, 0.4) is 0 Å². The van der Waals surface area contributed by atoms with Crippen LogP contribution < -0.4 is 22.8 Å². The molecule has 0 saturated heterocycles. The summed E-state index contributed by atoms with van der Waals surface area (Å²) in [5.41, 5.74) is 5.01. The normalized spacial score (nSPS) is 10.9. The summed E-state index contributed by atoms with van der Waals surface area (Å²) in [6.45, 7) is 2.00. The van der Waals surface area contributed by atoms with Crippen molar-refractivity contribution >= 4 is 11.5 Å². The smallest absolute Gasteiger partial charge is 0.211 e. The molecule has 0 amide bonds. The van der Waals surface area contributed by atoms with Crippen LogP contribution in [-0.4, -0.2) is 15.6 Å². The Hall–Kier alpha value is -3.29. The molecule has 3 rings (SSSR count). The van der Waals surface area contributed by atoms with Crippen LogP contribution in [-0.2, 0) is 0 Å². The number of nitrogens with zero attached hydrogens (tertiary/aromatic N) is 3. The third-order valence-corrected chi connectivity index (χ3v) is 3.43. The van der Waals surface area contributed by atoms with Crippen molar-refractivity contribution in [2.24, 2.45) is 10.8 Å². The van der Waals surface area contributed by atoms with E-state index in [1.54, 1.807) is 10.9 Å². The summed E-state index contributed by atoms with van der Waals surface area (Å²) in [6.07, 6.45) is 1.62. The molecule has 7 nitrogen and oxygen atoms in total. The second kappa shape index (κ2) is 8.00. The highest BCUT2D eigenvalue weighted by Gasteiger charge is 2.11. The molecule has 1 heterocycles. The molecule has 0 spiro atoms. The number of hydrogen-bond donors (Lipinski definition) is 3. The lowest BCUT2D eigenvalue weighted by Crippen LogP contribution is -2.36. The Morgan fingerprint density at radius 1 is 1.12 bits per heavy atom. The van der Waals surface area contributed by atoms with Gasteiger partial charge in [-0.15, -0.1) is 0 Å². The summed E-state index contributed by atoms with van der Waals surface area (Å²) in [5.74, 6) is 5.78. The van der Waals surface area contributed by atoms with Gasteiger partial charge in [-0.25, -0.2) is 15.5 Å². The number of aromatic nitrogens is 2. The highest BCUT2D eigenvalue weighted by molar-refractivity contribution is 5.98. The van der Waals surface area contributed by atoms with Gasteiger partial charge in [0.15, 0.2) is 11.5 Å². The van der Waals surface area contributed by atoms with Crippen LogP contribution in [0.25, 0.3) is 5.69 Å². The number of benzene rings is 2. The van der Waals surface area contributed by atoms with Gasteiger partial charge in [0.2, 0.25) is 5.43 Å². The number of aryl methyl sites for hydroxylation is 1. The van der Waals surface area contributed by atoms with E-state index >= 15 is 0 Å². The molecule has 0 fully saturated rings. The van der Waals surface area contributed by atoms with Crippen LogP contribution in [0.2, 0.25) is 0 Å². The molecule has 7 heteroatoms. The predicted molar refractivity (Wildman–Crippen MR) is 99.6 cm³/mol. The Morgan fingerprint density at radius 2 is 1.88 bits per heavy atom. The maximum atomic E-state index is 12.2. The van der Waals surface area contributed by atoms with Crippen molar-refractivity contribution in [1.82, 2.24) is 21.4 Å². The number of nitrogens with two attached hydrogens (primary N) is 1. The van der Waals surface area contributed by atoms with E-state index in [9.17, 15) is 4.79 Å². The highest BCUT2D eigenvalue weighted by atomic mass is 16.1. The monoisotopic (exact) mass is 336 g/mol. The molecule has 3 aromatic rings. The van der Waals surface area contributed by atoms with Gasteiger partial charge in [-0.2, -0.15) is 5.10 Å². The van der Waals surface area contributed by atoms with E-state index in [4.69, 9.17) is 5.84 Å². The van der Waals surface area contributed by atoms with Gasteiger partial charge in [0.05, 0.1) is 11.4 Å². The van der Waals surface area contributed by atoms with Crippen molar-refractivity contribution < 1.29 is 0 Å². The molecule has 0 aliphatic rings. The van der Waals surface area contributed by atoms with Crippen molar-refractivity contribution in [3.63, 3.8) is 0 Å². The first-order valence-electron chi connectivity index (χ1n) is 7.45. The quantitative estimate of drug-likeness (QED) is 0.293. The Kier molecular flexibility index (Phi) is 5.78. The second-order valence-corrected chi connectivity index (χ2v) is 5.25. The van der Waals surface area contributed by atoms with Crippen LogP contribution in [0, 0.1) is 6.92 Å². The van der Waals surface area contributed by atoms with Gasteiger partial charge in [0.1, 0.15) is 0 Å². The molecule has 0 unspecified atom stereocenters. The minimum atomic E-state index is -0.258. The topological polar surface area (TPSA) is 120 Å². The molecule has 2 aromatic carbocycles. The molecule has 1 aromatic heterocycles. The molecular weight excluding hydrogens is 316 g/mol. The molecular formula is C18H20N6O. The average Bonchev–Trinajstić information content (AvgIpc) is 2.61. The molecule has 0 aliphatic carbocycles. The Bertz CT molecular complexity index is 934. The van der Waals surface area contributed by atoms with Gasteiger partial charge in [-0.05, 0) is 36.8 Å². The number of hydrazine groups is 1. The van der Waals surface area contributed by atoms with Crippen molar-refractivity contribution in [3.05, 3.63) is 88.3 Å². The summed E-state index contributed by atoms with van der Waals surface area (Å²) < 4.78 is 1.63. The fraction of sp³-hybridized carbons (Fsp3) is 0.0556. The van der Waals surface area contributed by atoms with Gasteiger partial charge >= 0.3 is 0 Å². The van der Waals surface area contributed by atoms with Gasteiger partial charge in [0, 0.05) is 12.3 Å². The van der Waals surface area contributed by atoms with Crippen LogP contribution >= 0.6 is 0 Å². The first-order chi connectivity index (χ1) is 11.7. The van der Waals surface area contributed by atoms with Gasteiger partial charge < -0.3 is 11.6 Å². The summed E-state index contributed by atoms with van der Waals surface area (Å²) >= 11 is 0. The maximum Gasteiger partial charge on any atom is 0.211 e. The number of hydrogen-bond acceptors (Lipinski definition) is 5. The Morgan fingerprint density at radius 3 is 2.56 bits per heavy atom. The van der Waals surface area contributed by atoms with Gasteiger partial charge in [-0.1, -0.05) is 30.3 Å². The molecule has 25 heavy (non-hydrogen) atoms. The molecule has 0 aliphatic heterocycles. The van der Waals surface area contributed by atoms with Crippen LogP contribution in [0.4, 0.5) is 5.69 Å². The van der Waals surface area contributed by atoms with Crippen molar-refractivity contribution in [3.8, 4) is 5.69 Å². The van der Waals surface area contributed by atoms with E-state index in [2.05, 4.69) is 15.5 Å². The number of nitrogens with one attached hydrogen (secondary N) is 1. The maximum absolute atomic E-state index is 12.2. The van der Waals surface area contributed by atoms with Crippen molar-refractivity contribution in [2.45, 2.75) is 6.92 Å². The summed E-state index contributed by atoms with van der Waals surface area (Å²) in [5, 5.41) is 4.38. The average molecular weight is 336 g/mol. The number of amidine groups is 1. The van der Waals surface area contributed by atoms with Crippen LogP contribution in [0.5, 0.6) is 0 Å². The molecule has 6 N–H and O–H groups in total. The zero-order valence-electron chi connectivity index (χ0n) is 13.9. The third kappa shape index (κ3) is 4.17. The van der Waals surface area contributed by atoms with Crippen molar-refractivity contribution in [2.75, 3.05) is 0 Å². The SMILES string of the molecule is Cc1cccc(-n2ccc(=O)c(C(=Nc3ccccc3)NN)n2)c1.N. The Balaban J connectivity index is 0.00000225. The largest absolute Gasteiger partial charge is 0.344 e. The van der Waals surface area contributed by atoms with Crippen LogP contribution in [0.1, 0.15) is 11.3 Å². The second-order valence-electron chi connectivity index (χ2n) is 5.25. The fourth-order valence-electron chi connectivity index (χ4n) is 2.27. The third-order valence-electron chi connectivity index (χ3n) is 3.43. The fourth-order valence-corrected chi connectivity index (χ4v) is 2.27. The molecule has 0 radical (unpaired) electrons. The standard InChI is InChI=1S/C18H17N5O.H3N/c1-13-6-5-9-15(12-13)23-11-10-16(24)17(22-23)18(21-19)20-14-7-3-2-4-8-14;/h2-12H,19H2,1H3,(H,20,21);1H3. The zero-order chi connectivity index (χ0) is 16.9. The Labute approximate surface area is 145 Å². The molecule has 0 bridgehead atoms. The summed E-state index contributed by atoms with van der Waals surface area (Å²) in [4.78, 5) is 16.6. The van der Waals surface area contributed by atoms with E-state index in [1.165, 1.54) is 6.07 Å². The van der Waals surface area contributed by atoms with Gasteiger partial charge in [0.25, 0.3) is 0 Å².